The van der Waals surface area contributed by atoms with Gasteiger partial charge in [0.1, 0.15) is 11.3 Å². The Labute approximate surface area is 125 Å². The molecule has 4 heteroatoms. The number of hydrogen-bond acceptors (Lipinski definition) is 4. The van der Waals surface area contributed by atoms with Crippen LogP contribution in [0.3, 0.4) is 0 Å². The molecule has 2 bridgehead atoms. The van der Waals surface area contributed by atoms with Crippen LogP contribution in [-0.2, 0) is 9.53 Å². The van der Waals surface area contributed by atoms with Crippen LogP contribution in [0, 0.1) is 11.8 Å². The van der Waals surface area contributed by atoms with Crippen molar-refractivity contribution in [2.75, 3.05) is 19.0 Å². The van der Waals surface area contributed by atoms with Crippen molar-refractivity contribution in [3.05, 3.63) is 24.3 Å². The van der Waals surface area contributed by atoms with E-state index in [1.165, 1.54) is 6.42 Å². The third-order valence-corrected chi connectivity index (χ3v) is 4.93. The summed E-state index contributed by atoms with van der Waals surface area (Å²) < 4.78 is 10.6. The molecule has 21 heavy (non-hydrogen) atoms. The quantitative estimate of drug-likeness (QED) is 0.845. The van der Waals surface area contributed by atoms with Crippen molar-refractivity contribution in [3.8, 4) is 5.75 Å². The third-order valence-electron chi connectivity index (χ3n) is 4.93. The molecule has 1 aromatic rings. The third kappa shape index (κ3) is 2.47. The highest BCUT2D eigenvalue weighted by molar-refractivity contribution is 5.86. The number of carbonyl (C=O) groups is 1. The van der Waals surface area contributed by atoms with Gasteiger partial charge in [-0.25, -0.2) is 4.79 Å². The van der Waals surface area contributed by atoms with E-state index in [0.717, 1.165) is 30.7 Å². The zero-order valence-corrected chi connectivity index (χ0v) is 12.7. The molecule has 0 aromatic heterocycles. The second-order valence-electron chi connectivity index (χ2n) is 6.13. The maximum absolute atomic E-state index is 12.6. The summed E-state index contributed by atoms with van der Waals surface area (Å²) in [5.74, 6) is 1.73. The van der Waals surface area contributed by atoms with E-state index in [2.05, 4.69) is 5.32 Å². The van der Waals surface area contributed by atoms with Crippen LogP contribution < -0.4 is 10.1 Å². The Kier molecular flexibility index (Phi) is 3.79. The van der Waals surface area contributed by atoms with Gasteiger partial charge in [0, 0.05) is 11.8 Å². The summed E-state index contributed by atoms with van der Waals surface area (Å²) in [4.78, 5) is 12.6. The predicted octanol–water partition coefficient (Wildman–Crippen LogP) is 3.23. The van der Waals surface area contributed by atoms with Gasteiger partial charge in [-0.2, -0.15) is 0 Å². The molecule has 2 aliphatic carbocycles. The lowest BCUT2D eigenvalue weighted by Crippen LogP contribution is -2.51. The first-order chi connectivity index (χ1) is 10.2. The number of ether oxygens (including phenoxy) is 2. The van der Waals surface area contributed by atoms with Crippen molar-refractivity contribution >= 4 is 11.7 Å². The minimum atomic E-state index is -0.550. The first-order valence-electron chi connectivity index (χ1n) is 7.77. The van der Waals surface area contributed by atoms with E-state index < -0.39 is 5.54 Å². The molecule has 0 saturated heterocycles. The number of methoxy groups -OCH3 is 1. The Hall–Kier alpha value is -1.71. The van der Waals surface area contributed by atoms with Crippen molar-refractivity contribution in [1.82, 2.24) is 0 Å². The van der Waals surface area contributed by atoms with Crippen LogP contribution in [0.25, 0.3) is 0 Å². The number of esters is 1. The highest BCUT2D eigenvalue weighted by atomic mass is 16.5. The molecule has 114 valence electrons. The monoisotopic (exact) mass is 289 g/mol. The van der Waals surface area contributed by atoms with Gasteiger partial charge in [-0.15, -0.1) is 0 Å². The molecule has 0 heterocycles. The largest absolute Gasteiger partial charge is 0.497 e. The normalized spacial score (nSPS) is 30.2. The minimum absolute atomic E-state index is 0.0972. The highest BCUT2D eigenvalue weighted by Crippen LogP contribution is 2.52. The fourth-order valence-corrected chi connectivity index (χ4v) is 4.00. The molecule has 3 rings (SSSR count). The lowest BCUT2D eigenvalue weighted by Gasteiger charge is -2.37. The molecule has 2 fully saturated rings. The Morgan fingerprint density at radius 2 is 2.29 bits per heavy atom. The van der Waals surface area contributed by atoms with Crippen molar-refractivity contribution in [1.29, 1.82) is 0 Å². The van der Waals surface area contributed by atoms with E-state index in [1.807, 2.05) is 31.2 Å². The topological polar surface area (TPSA) is 47.6 Å². The molecule has 0 spiro atoms. The Morgan fingerprint density at radius 3 is 2.90 bits per heavy atom. The Bertz CT molecular complexity index is 531. The molecule has 0 radical (unpaired) electrons. The summed E-state index contributed by atoms with van der Waals surface area (Å²) >= 11 is 0. The average molecular weight is 289 g/mol. The number of rotatable bonds is 5. The molecule has 0 amide bonds. The molecular weight excluding hydrogens is 266 g/mol. The second kappa shape index (κ2) is 5.58. The number of carbonyl (C=O) groups excluding carboxylic acids is 1. The summed E-state index contributed by atoms with van der Waals surface area (Å²) in [7, 11) is 1.65. The summed E-state index contributed by atoms with van der Waals surface area (Å²) in [6.07, 6.45) is 4.37. The molecule has 0 aliphatic heterocycles. The van der Waals surface area contributed by atoms with Gasteiger partial charge in [0.2, 0.25) is 0 Å². The van der Waals surface area contributed by atoms with Crippen molar-refractivity contribution in [2.45, 2.75) is 38.1 Å². The zero-order valence-electron chi connectivity index (χ0n) is 12.7. The number of anilines is 1. The molecular formula is C17H23NO3. The number of fused-ring (bicyclic) bond motifs is 2. The number of hydrogen-bond donors (Lipinski definition) is 1. The van der Waals surface area contributed by atoms with Gasteiger partial charge in [-0.1, -0.05) is 6.07 Å². The highest BCUT2D eigenvalue weighted by Gasteiger charge is 2.56. The molecule has 4 nitrogen and oxygen atoms in total. The van der Waals surface area contributed by atoms with Crippen LogP contribution in [0.5, 0.6) is 5.75 Å². The Morgan fingerprint density at radius 1 is 1.43 bits per heavy atom. The summed E-state index contributed by atoms with van der Waals surface area (Å²) in [5.41, 5.74) is 0.376. The second-order valence-corrected chi connectivity index (χ2v) is 6.13. The minimum Gasteiger partial charge on any atom is -0.497 e. The first kappa shape index (κ1) is 14.2. The van der Waals surface area contributed by atoms with Gasteiger partial charge in [0.15, 0.2) is 0 Å². The first-order valence-corrected chi connectivity index (χ1v) is 7.77. The van der Waals surface area contributed by atoms with Crippen LogP contribution in [0.1, 0.15) is 32.6 Å². The summed E-state index contributed by atoms with van der Waals surface area (Å²) in [6, 6.07) is 7.76. The molecule has 3 unspecified atom stereocenters. The molecule has 3 atom stereocenters. The van der Waals surface area contributed by atoms with Crippen molar-refractivity contribution < 1.29 is 14.3 Å². The van der Waals surface area contributed by atoms with Crippen LogP contribution in [0.2, 0.25) is 0 Å². The van der Waals surface area contributed by atoms with Gasteiger partial charge in [-0.3, -0.25) is 0 Å². The van der Waals surface area contributed by atoms with Gasteiger partial charge >= 0.3 is 5.97 Å². The SMILES string of the molecule is CCOC(=O)C1(Nc2cccc(OC)c2)CC2CCC1C2. The van der Waals surface area contributed by atoms with Crippen molar-refractivity contribution in [2.24, 2.45) is 11.8 Å². The van der Waals surface area contributed by atoms with Gasteiger partial charge in [0.25, 0.3) is 0 Å². The molecule has 2 saturated carbocycles. The maximum Gasteiger partial charge on any atom is 0.332 e. The Balaban J connectivity index is 1.87. The van der Waals surface area contributed by atoms with Crippen LogP contribution in [-0.4, -0.2) is 25.2 Å². The van der Waals surface area contributed by atoms with Crippen molar-refractivity contribution in [3.63, 3.8) is 0 Å². The molecule has 1 aromatic carbocycles. The fraction of sp³-hybridized carbons (Fsp3) is 0.588. The van der Waals surface area contributed by atoms with E-state index in [-0.39, 0.29) is 5.97 Å². The average Bonchev–Trinajstić information content (AvgIpc) is 3.09. The fourth-order valence-electron chi connectivity index (χ4n) is 4.00. The van der Waals surface area contributed by atoms with Gasteiger partial charge in [-0.05, 0) is 56.6 Å². The lowest BCUT2D eigenvalue weighted by molar-refractivity contribution is -0.150. The smallest absolute Gasteiger partial charge is 0.332 e. The van der Waals surface area contributed by atoms with E-state index in [4.69, 9.17) is 9.47 Å². The summed E-state index contributed by atoms with van der Waals surface area (Å²) in [5, 5.41) is 3.49. The number of nitrogens with one attached hydrogen (secondary N) is 1. The van der Waals surface area contributed by atoms with E-state index in [9.17, 15) is 4.79 Å². The lowest BCUT2D eigenvalue weighted by atomic mass is 9.80. The zero-order chi connectivity index (χ0) is 14.9. The number of benzene rings is 1. The van der Waals surface area contributed by atoms with E-state index in [0.29, 0.717) is 18.4 Å². The molecule has 1 N–H and O–H groups in total. The van der Waals surface area contributed by atoms with Gasteiger partial charge in [0.05, 0.1) is 13.7 Å². The van der Waals surface area contributed by atoms with E-state index >= 15 is 0 Å². The summed E-state index contributed by atoms with van der Waals surface area (Å²) in [6.45, 7) is 2.29. The van der Waals surface area contributed by atoms with E-state index in [1.54, 1.807) is 7.11 Å². The van der Waals surface area contributed by atoms with Crippen LogP contribution in [0.4, 0.5) is 5.69 Å². The standard InChI is InChI=1S/C17H23NO3/c1-3-21-16(19)17(11-12-7-8-13(17)9-12)18-14-5-4-6-15(10-14)20-2/h4-6,10,12-13,18H,3,7-9,11H2,1-2H3. The van der Waals surface area contributed by atoms with Crippen LogP contribution >= 0.6 is 0 Å². The van der Waals surface area contributed by atoms with Crippen LogP contribution in [0.15, 0.2) is 24.3 Å². The maximum atomic E-state index is 12.6. The predicted molar refractivity (Wildman–Crippen MR) is 81.4 cm³/mol. The van der Waals surface area contributed by atoms with Gasteiger partial charge < -0.3 is 14.8 Å². The molecule has 2 aliphatic rings.